The number of piperidine rings is 1. The van der Waals surface area contributed by atoms with Crippen molar-refractivity contribution in [2.24, 2.45) is 0 Å². The van der Waals surface area contributed by atoms with Crippen LogP contribution in [0.3, 0.4) is 0 Å². The number of H-pyrrole nitrogens is 3. The van der Waals surface area contributed by atoms with Gasteiger partial charge in [-0.3, -0.25) is 39.4 Å². The summed E-state index contributed by atoms with van der Waals surface area (Å²) in [6, 6.07) is 7.32. The van der Waals surface area contributed by atoms with Gasteiger partial charge in [0.05, 0.1) is 57.4 Å². The molecule has 17 nitrogen and oxygen atoms in total. The zero-order chi connectivity index (χ0) is 52.2. The van der Waals surface area contributed by atoms with Crippen molar-refractivity contribution in [3.05, 3.63) is 81.7 Å². The number of amides is 2. The molecule has 6 aromatic heterocycles. The Bertz CT molecular complexity index is 3590. The van der Waals surface area contributed by atoms with E-state index in [0.29, 0.717) is 117 Å². The van der Waals surface area contributed by atoms with Gasteiger partial charge in [-0.15, -0.1) is 0 Å². The van der Waals surface area contributed by atoms with Crippen molar-refractivity contribution < 1.29 is 35.9 Å². The van der Waals surface area contributed by atoms with E-state index in [0.717, 1.165) is 84.6 Å². The summed E-state index contributed by atoms with van der Waals surface area (Å²) in [7, 11) is 2.02. The number of piperazine rings is 2. The van der Waals surface area contributed by atoms with Gasteiger partial charge in [-0.2, -0.15) is 46.7 Å². The third kappa shape index (κ3) is 8.35. The Morgan fingerprint density at radius 3 is 1.67 bits per heavy atom. The molecule has 396 valence electrons. The fourth-order valence-electron chi connectivity index (χ4n) is 12.8. The minimum Gasteiger partial charge on any atom is -0.337 e. The Morgan fingerprint density at radius 2 is 1.13 bits per heavy atom. The molecule has 13 rings (SSSR count). The predicted molar refractivity (Wildman–Crippen MR) is 270 cm³/mol. The van der Waals surface area contributed by atoms with E-state index in [2.05, 4.69) is 50.4 Å². The lowest BCUT2D eigenvalue weighted by Gasteiger charge is -2.42. The summed E-state index contributed by atoms with van der Waals surface area (Å²) in [5, 5.41) is 27.9. The molecular weight excluding hydrogens is 993 g/mol. The number of halogens is 6. The van der Waals surface area contributed by atoms with Crippen molar-refractivity contribution in [1.29, 1.82) is 0 Å². The number of aryl methyl sites for hydroxylation is 2. The number of aromatic amines is 3. The molecule has 2 aliphatic carbocycles. The highest BCUT2D eigenvalue weighted by molar-refractivity contribution is 6.18. The average molecular weight is 1050 g/mol. The molecular formula is C53H55F6N15O2. The maximum Gasteiger partial charge on any atom is 0.435 e. The van der Waals surface area contributed by atoms with Crippen LogP contribution >= 0.6 is 0 Å². The molecule has 0 spiro atoms. The van der Waals surface area contributed by atoms with Crippen molar-refractivity contribution in [3.8, 4) is 22.5 Å². The lowest BCUT2D eigenvalue weighted by molar-refractivity contribution is -0.141. The second kappa shape index (κ2) is 18.6. The van der Waals surface area contributed by atoms with E-state index in [1.165, 1.54) is 17.1 Å². The van der Waals surface area contributed by atoms with Gasteiger partial charge < -0.3 is 14.7 Å². The Labute approximate surface area is 431 Å². The van der Waals surface area contributed by atoms with Gasteiger partial charge in [-0.1, -0.05) is 0 Å². The molecule has 0 atom stereocenters. The number of carbonyl (C=O) groups is 2. The molecule has 2 aromatic carbocycles. The molecule has 3 fully saturated rings. The molecule has 76 heavy (non-hydrogen) atoms. The first-order valence-electron chi connectivity index (χ1n) is 26.3. The van der Waals surface area contributed by atoms with Gasteiger partial charge in [-0.05, 0) is 118 Å². The monoisotopic (exact) mass is 1050 g/mol. The maximum absolute atomic E-state index is 15.0. The van der Waals surface area contributed by atoms with E-state index in [1.54, 1.807) is 24.3 Å². The molecule has 5 aliphatic rings. The van der Waals surface area contributed by atoms with Crippen LogP contribution in [0.4, 0.5) is 26.3 Å². The smallest absolute Gasteiger partial charge is 0.337 e. The minimum atomic E-state index is -4.74. The Morgan fingerprint density at radius 1 is 0.605 bits per heavy atom. The molecule has 9 heterocycles. The highest BCUT2D eigenvalue weighted by Gasteiger charge is 2.41. The molecule has 23 heteroatoms. The number of aromatic nitrogens is 10. The van der Waals surface area contributed by atoms with Crippen LogP contribution in [0.1, 0.15) is 93.1 Å². The number of benzene rings is 2. The number of hydrogen-bond donors (Lipinski definition) is 3. The first-order valence-corrected chi connectivity index (χ1v) is 26.3. The average Bonchev–Trinajstić information content (AvgIpc) is 4.40. The third-order valence-corrected chi connectivity index (χ3v) is 16.7. The first kappa shape index (κ1) is 48.6. The topological polar surface area (TPSA) is 180 Å². The molecule has 0 saturated carbocycles. The van der Waals surface area contributed by atoms with E-state index >= 15 is 13.2 Å². The van der Waals surface area contributed by atoms with Crippen molar-refractivity contribution in [3.63, 3.8) is 0 Å². The highest BCUT2D eigenvalue weighted by Crippen LogP contribution is 2.45. The summed E-state index contributed by atoms with van der Waals surface area (Å²) in [5.74, 6) is -0.396. The molecule has 3 N–H and O–H groups in total. The van der Waals surface area contributed by atoms with Crippen LogP contribution in [-0.2, 0) is 44.7 Å². The molecule has 2 amide bonds. The molecule has 3 aliphatic heterocycles. The Balaban J connectivity index is 0.705. The number of likely N-dealkylation sites (tertiary alicyclic amines) is 1. The largest absolute Gasteiger partial charge is 0.435 e. The van der Waals surface area contributed by atoms with Crippen molar-refractivity contribution in [2.45, 2.75) is 89.3 Å². The number of nitrogens with one attached hydrogen (secondary N) is 3. The van der Waals surface area contributed by atoms with Gasteiger partial charge in [0.25, 0.3) is 11.8 Å². The predicted octanol–water partition coefficient (Wildman–Crippen LogP) is 7.85. The number of alkyl halides is 6. The van der Waals surface area contributed by atoms with E-state index < -0.39 is 23.7 Å². The number of pyridine rings is 2. The van der Waals surface area contributed by atoms with Crippen LogP contribution in [0, 0.1) is 0 Å². The zero-order valence-corrected chi connectivity index (χ0v) is 41.8. The van der Waals surface area contributed by atoms with Crippen LogP contribution in [0.25, 0.3) is 66.1 Å². The van der Waals surface area contributed by atoms with Crippen molar-refractivity contribution in [1.82, 2.24) is 74.8 Å². The standard InChI is InChI=1S/C53H55F6N15O2/c1-69-18-22-73(23-19-69)51(76)47-43-39(64-66-47)13-11-37-41(43)31-7-3-5-9-33(31)45(62-37)35-27-74(68-49(35)53(57,58)59)28-70-20-24-71(25-21-70)29-14-16-72(17-15-29)50(75)46-42-38(63-65-46)12-10-36-40(42)30-6-2-4-8-32(30)44(61-36)34-26-60-67-48(34)52(54,55)56/h10-13,26-27,29H,2-9,14-25,28H2,1H3,(H,60,67)(H,63,65)(H,64,66). The van der Waals surface area contributed by atoms with Crippen LogP contribution < -0.4 is 0 Å². The van der Waals surface area contributed by atoms with Gasteiger partial charge in [0.1, 0.15) is 5.69 Å². The summed E-state index contributed by atoms with van der Waals surface area (Å²) < 4.78 is 88.7. The molecule has 0 radical (unpaired) electrons. The Hall–Kier alpha value is -6.98. The number of hydrogen-bond acceptors (Lipinski definition) is 11. The SMILES string of the molecule is CN1CCN(C(=O)c2n[nH]c3ccc4nc(-c5cn(CN6CCN(C7CCN(C(=O)c8n[nH]c9ccc%10nc(-c%11cn[nH]c%11C(F)(F)F)c%11c(c%10c89)CCCC%11)CC7)CC6)nc5C(F)(F)F)c5c(c4c23)CCCC5)CC1. The highest BCUT2D eigenvalue weighted by atomic mass is 19.4. The second-order valence-electron chi connectivity index (χ2n) is 21.2. The molecule has 8 aromatic rings. The van der Waals surface area contributed by atoms with Crippen LogP contribution in [0.5, 0.6) is 0 Å². The first-order chi connectivity index (χ1) is 36.7. The fourth-order valence-corrected chi connectivity index (χ4v) is 12.8. The third-order valence-electron chi connectivity index (χ3n) is 16.7. The van der Waals surface area contributed by atoms with Gasteiger partial charge in [0, 0.05) is 99.2 Å². The minimum absolute atomic E-state index is 0.0527. The number of likely N-dealkylation sites (N-methyl/N-ethyl adjacent to an activating group) is 1. The van der Waals surface area contributed by atoms with Gasteiger partial charge in [-0.25, -0.2) is 9.97 Å². The summed E-state index contributed by atoms with van der Waals surface area (Å²) >= 11 is 0. The van der Waals surface area contributed by atoms with Crippen molar-refractivity contribution >= 4 is 55.4 Å². The maximum atomic E-state index is 15.0. The lowest BCUT2D eigenvalue weighted by atomic mass is 9.85. The van der Waals surface area contributed by atoms with E-state index in [1.807, 2.05) is 16.8 Å². The summed E-state index contributed by atoms with van der Waals surface area (Å²) in [6.45, 7) is 6.42. The van der Waals surface area contributed by atoms with E-state index in [-0.39, 0.29) is 52.7 Å². The van der Waals surface area contributed by atoms with Crippen LogP contribution in [0.15, 0.2) is 36.7 Å². The number of fused-ring (bicyclic) bond motifs is 10. The Kier molecular flexibility index (Phi) is 11.9. The normalized spacial score (nSPS) is 18.9. The molecule has 0 unspecified atom stereocenters. The van der Waals surface area contributed by atoms with Gasteiger partial charge in [0.15, 0.2) is 17.1 Å². The van der Waals surface area contributed by atoms with Gasteiger partial charge >= 0.3 is 12.4 Å². The van der Waals surface area contributed by atoms with Crippen LogP contribution in [-0.4, -0.2) is 165 Å². The van der Waals surface area contributed by atoms with Crippen LogP contribution in [0.2, 0.25) is 0 Å². The lowest BCUT2D eigenvalue weighted by Crippen LogP contribution is -2.53. The number of rotatable bonds is 7. The summed E-state index contributed by atoms with van der Waals surface area (Å²) in [5.41, 5.74) is 4.67. The molecule has 0 bridgehead atoms. The van der Waals surface area contributed by atoms with E-state index in [9.17, 15) is 22.8 Å². The zero-order valence-electron chi connectivity index (χ0n) is 41.8. The second-order valence-corrected chi connectivity index (χ2v) is 21.2. The number of carbonyl (C=O) groups excluding carboxylic acids is 2. The fraction of sp³-hybridized carbons (Fsp3) is 0.472. The van der Waals surface area contributed by atoms with Crippen molar-refractivity contribution in [2.75, 3.05) is 72.5 Å². The summed E-state index contributed by atoms with van der Waals surface area (Å²) in [4.78, 5) is 48.4. The number of nitrogens with zero attached hydrogens (tertiary/aromatic N) is 12. The quantitative estimate of drug-likeness (QED) is 0.132. The van der Waals surface area contributed by atoms with Gasteiger partial charge in [0.2, 0.25) is 0 Å². The summed E-state index contributed by atoms with van der Waals surface area (Å²) in [6.07, 6.45) is 0.392. The van der Waals surface area contributed by atoms with E-state index in [4.69, 9.17) is 9.97 Å². The molecule has 3 saturated heterocycles.